The van der Waals surface area contributed by atoms with Gasteiger partial charge in [0.2, 0.25) is 0 Å². The Balaban J connectivity index is 2.10. The molecular formula is C15H26N2O2. The number of benzene rings is 1. The van der Waals surface area contributed by atoms with E-state index in [1.54, 1.807) is 7.11 Å². The predicted octanol–water partition coefficient (Wildman–Crippen LogP) is 2.04. The van der Waals surface area contributed by atoms with Crippen LogP contribution in [-0.2, 0) is 0 Å². The fourth-order valence-electron chi connectivity index (χ4n) is 1.89. The zero-order chi connectivity index (χ0) is 14.1. The lowest BCUT2D eigenvalue weighted by atomic mass is 10.0. The summed E-state index contributed by atoms with van der Waals surface area (Å²) in [6.07, 6.45) is 1.05. The van der Waals surface area contributed by atoms with Gasteiger partial charge in [0.25, 0.3) is 0 Å². The van der Waals surface area contributed by atoms with Gasteiger partial charge in [-0.15, -0.1) is 0 Å². The Hall–Kier alpha value is -1.26. The van der Waals surface area contributed by atoms with Crippen LogP contribution in [0, 0.1) is 5.92 Å². The summed E-state index contributed by atoms with van der Waals surface area (Å²) in [4.78, 5) is 0. The van der Waals surface area contributed by atoms with E-state index in [1.165, 1.54) is 0 Å². The first-order valence-corrected chi connectivity index (χ1v) is 6.85. The minimum Gasteiger partial charge on any atom is -0.497 e. The first-order chi connectivity index (χ1) is 9.11. The molecule has 0 aromatic heterocycles. The molecule has 0 aliphatic rings. The van der Waals surface area contributed by atoms with E-state index in [0.29, 0.717) is 12.5 Å². The van der Waals surface area contributed by atoms with Gasteiger partial charge >= 0.3 is 0 Å². The Labute approximate surface area is 116 Å². The number of hydrogen-bond donors (Lipinski definition) is 2. The Morgan fingerprint density at radius 1 is 1.16 bits per heavy atom. The van der Waals surface area contributed by atoms with Crippen molar-refractivity contribution in [3.8, 4) is 11.5 Å². The van der Waals surface area contributed by atoms with E-state index in [9.17, 15) is 0 Å². The molecule has 4 heteroatoms. The van der Waals surface area contributed by atoms with Crippen LogP contribution in [0.25, 0.3) is 0 Å². The third kappa shape index (κ3) is 7.03. The summed E-state index contributed by atoms with van der Waals surface area (Å²) < 4.78 is 10.7. The number of methoxy groups -OCH3 is 1. The molecule has 1 rings (SSSR count). The summed E-state index contributed by atoms with van der Waals surface area (Å²) >= 11 is 0. The van der Waals surface area contributed by atoms with Crippen molar-refractivity contribution in [3.63, 3.8) is 0 Å². The van der Waals surface area contributed by atoms with Crippen molar-refractivity contribution in [2.45, 2.75) is 26.3 Å². The molecule has 1 aromatic carbocycles. The molecule has 0 aliphatic carbocycles. The number of hydrogen-bond acceptors (Lipinski definition) is 4. The quantitative estimate of drug-likeness (QED) is 0.672. The van der Waals surface area contributed by atoms with Crippen molar-refractivity contribution in [1.82, 2.24) is 5.32 Å². The standard InChI is InChI=1S/C15H26N2O2/c1-12(2)10-13(16)11-17-8-9-19-15-6-4-14(18-3)5-7-15/h4-7,12-13,17H,8-11,16H2,1-3H3. The average Bonchev–Trinajstić information content (AvgIpc) is 2.38. The molecule has 108 valence electrons. The largest absolute Gasteiger partial charge is 0.497 e. The van der Waals surface area contributed by atoms with Crippen LogP contribution in [0.3, 0.4) is 0 Å². The van der Waals surface area contributed by atoms with Crippen LogP contribution < -0.4 is 20.5 Å². The van der Waals surface area contributed by atoms with Crippen LogP contribution in [-0.4, -0.2) is 32.8 Å². The van der Waals surface area contributed by atoms with Gasteiger partial charge in [-0.3, -0.25) is 0 Å². The van der Waals surface area contributed by atoms with E-state index in [4.69, 9.17) is 15.2 Å². The summed E-state index contributed by atoms with van der Waals surface area (Å²) in [6.45, 7) is 6.65. The van der Waals surface area contributed by atoms with Gasteiger partial charge < -0.3 is 20.5 Å². The maximum atomic E-state index is 5.98. The van der Waals surface area contributed by atoms with Crippen molar-refractivity contribution >= 4 is 0 Å². The van der Waals surface area contributed by atoms with Gasteiger partial charge in [-0.2, -0.15) is 0 Å². The highest BCUT2D eigenvalue weighted by Crippen LogP contribution is 2.16. The molecule has 1 aromatic rings. The fraction of sp³-hybridized carbons (Fsp3) is 0.600. The lowest BCUT2D eigenvalue weighted by Crippen LogP contribution is -2.36. The normalized spacial score (nSPS) is 12.5. The summed E-state index contributed by atoms with van der Waals surface area (Å²) in [5, 5.41) is 3.31. The number of nitrogens with two attached hydrogens (primary N) is 1. The van der Waals surface area contributed by atoms with Crippen LogP contribution >= 0.6 is 0 Å². The SMILES string of the molecule is COc1ccc(OCCNCC(N)CC(C)C)cc1. The molecule has 0 radical (unpaired) electrons. The third-order valence-electron chi connectivity index (χ3n) is 2.79. The third-order valence-corrected chi connectivity index (χ3v) is 2.79. The topological polar surface area (TPSA) is 56.5 Å². The maximum Gasteiger partial charge on any atom is 0.119 e. The molecule has 1 atom stereocenters. The van der Waals surface area contributed by atoms with E-state index >= 15 is 0 Å². The highest BCUT2D eigenvalue weighted by Gasteiger charge is 2.04. The van der Waals surface area contributed by atoms with Crippen LogP contribution in [0.15, 0.2) is 24.3 Å². The van der Waals surface area contributed by atoms with E-state index < -0.39 is 0 Å². The first-order valence-electron chi connectivity index (χ1n) is 6.85. The monoisotopic (exact) mass is 266 g/mol. The number of ether oxygens (including phenoxy) is 2. The summed E-state index contributed by atoms with van der Waals surface area (Å²) in [7, 11) is 1.65. The molecule has 19 heavy (non-hydrogen) atoms. The maximum absolute atomic E-state index is 5.98. The highest BCUT2D eigenvalue weighted by molar-refractivity contribution is 5.31. The second-order valence-corrected chi connectivity index (χ2v) is 5.12. The molecule has 0 heterocycles. The van der Waals surface area contributed by atoms with Crippen molar-refractivity contribution in [3.05, 3.63) is 24.3 Å². The summed E-state index contributed by atoms with van der Waals surface area (Å²) in [6, 6.07) is 7.82. The Bertz CT molecular complexity index is 339. The highest BCUT2D eigenvalue weighted by atomic mass is 16.5. The average molecular weight is 266 g/mol. The van der Waals surface area contributed by atoms with Crippen LogP contribution in [0.2, 0.25) is 0 Å². The molecule has 0 aliphatic heterocycles. The first kappa shape index (κ1) is 15.8. The molecule has 0 fully saturated rings. The molecule has 0 saturated carbocycles. The molecule has 3 N–H and O–H groups in total. The summed E-state index contributed by atoms with van der Waals surface area (Å²) in [5.74, 6) is 2.34. The lowest BCUT2D eigenvalue weighted by Gasteiger charge is -2.15. The second-order valence-electron chi connectivity index (χ2n) is 5.12. The van der Waals surface area contributed by atoms with E-state index in [-0.39, 0.29) is 6.04 Å². The fourth-order valence-corrected chi connectivity index (χ4v) is 1.89. The van der Waals surface area contributed by atoms with Gasteiger partial charge in [-0.05, 0) is 36.6 Å². The van der Waals surface area contributed by atoms with E-state index in [1.807, 2.05) is 24.3 Å². The van der Waals surface area contributed by atoms with Crippen LogP contribution in [0.4, 0.5) is 0 Å². The zero-order valence-electron chi connectivity index (χ0n) is 12.2. The van der Waals surface area contributed by atoms with Gasteiger partial charge in [0.05, 0.1) is 7.11 Å². The smallest absolute Gasteiger partial charge is 0.119 e. The Morgan fingerprint density at radius 3 is 2.37 bits per heavy atom. The molecule has 1 unspecified atom stereocenters. The van der Waals surface area contributed by atoms with Crippen LogP contribution in [0.1, 0.15) is 20.3 Å². The van der Waals surface area contributed by atoms with Gasteiger partial charge in [-0.1, -0.05) is 13.8 Å². The second kappa shape index (κ2) is 8.77. The van der Waals surface area contributed by atoms with Gasteiger partial charge in [0.1, 0.15) is 18.1 Å². The van der Waals surface area contributed by atoms with Crippen LogP contribution in [0.5, 0.6) is 11.5 Å². The minimum absolute atomic E-state index is 0.223. The van der Waals surface area contributed by atoms with Crippen molar-refractivity contribution in [1.29, 1.82) is 0 Å². The van der Waals surface area contributed by atoms with E-state index in [2.05, 4.69) is 19.2 Å². The molecule has 0 spiro atoms. The molecule has 0 bridgehead atoms. The van der Waals surface area contributed by atoms with E-state index in [0.717, 1.165) is 31.0 Å². The summed E-state index contributed by atoms with van der Waals surface area (Å²) in [5.41, 5.74) is 5.98. The van der Waals surface area contributed by atoms with Gasteiger partial charge in [0, 0.05) is 19.1 Å². The lowest BCUT2D eigenvalue weighted by molar-refractivity contribution is 0.310. The van der Waals surface area contributed by atoms with Crippen molar-refractivity contribution < 1.29 is 9.47 Å². The predicted molar refractivity (Wildman–Crippen MR) is 78.8 cm³/mol. The van der Waals surface area contributed by atoms with Crippen molar-refractivity contribution in [2.24, 2.45) is 11.7 Å². The van der Waals surface area contributed by atoms with Gasteiger partial charge in [-0.25, -0.2) is 0 Å². The van der Waals surface area contributed by atoms with Crippen molar-refractivity contribution in [2.75, 3.05) is 26.8 Å². The van der Waals surface area contributed by atoms with Gasteiger partial charge in [0.15, 0.2) is 0 Å². The Morgan fingerprint density at radius 2 is 1.79 bits per heavy atom. The molecular weight excluding hydrogens is 240 g/mol. The molecule has 4 nitrogen and oxygen atoms in total. The number of nitrogens with one attached hydrogen (secondary N) is 1. The molecule has 0 saturated heterocycles. The minimum atomic E-state index is 0.223. The number of rotatable bonds is 9. The zero-order valence-corrected chi connectivity index (χ0v) is 12.2. The molecule has 0 amide bonds. The Kier molecular flexibility index (Phi) is 7.30.